The molecule has 2 aromatic heterocycles. The van der Waals surface area contributed by atoms with Gasteiger partial charge in [0.05, 0.1) is 4.88 Å². The number of aromatic nitrogens is 4. The number of hydrogen-bond acceptors (Lipinski definition) is 6. The van der Waals surface area contributed by atoms with E-state index in [1.54, 1.807) is 0 Å². The van der Waals surface area contributed by atoms with Gasteiger partial charge in [0, 0.05) is 12.1 Å². The lowest BCUT2D eigenvalue weighted by Crippen LogP contribution is -2.47. The Morgan fingerprint density at radius 2 is 2.38 bits per heavy atom. The number of aliphatic hydroxyl groups is 1. The van der Waals surface area contributed by atoms with Crippen molar-refractivity contribution in [2.45, 2.75) is 38.8 Å². The highest BCUT2D eigenvalue weighted by Crippen LogP contribution is 2.19. The third-order valence-corrected chi connectivity index (χ3v) is 4.23. The highest BCUT2D eigenvalue weighted by molar-refractivity contribution is 7.13. The van der Waals surface area contributed by atoms with Crippen LogP contribution in [0.3, 0.4) is 0 Å². The summed E-state index contributed by atoms with van der Waals surface area (Å²) in [5.41, 5.74) is -0.414. The van der Waals surface area contributed by atoms with Crippen LogP contribution < -0.4 is 5.32 Å². The highest BCUT2D eigenvalue weighted by atomic mass is 32.1. The number of thiophene rings is 1. The van der Waals surface area contributed by atoms with E-state index in [1.807, 2.05) is 31.4 Å². The largest absolute Gasteiger partial charge is 0.396 e. The number of nitrogens with zero attached hydrogens (tertiary/aromatic N) is 4. The van der Waals surface area contributed by atoms with Crippen molar-refractivity contribution in [3.05, 3.63) is 17.5 Å². The van der Waals surface area contributed by atoms with Gasteiger partial charge in [0.15, 0.2) is 0 Å². The number of nitrogens with one attached hydrogen (secondary N) is 1. The fourth-order valence-corrected chi connectivity index (χ4v) is 2.54. The molecule has 2 heterocycles. The first kappa shape index (κ1) is 15.6. The Kier molecular flexibility index (Phi) is 5.03. The molecule has 7 nitrogen and oxygen atoms in total. The summed E-state index contributed by atoms with van der Waals surface area (Å²) in [6.45, 7) is 3.93. The maximum atomic E-state index is 12.0. The summed E-state index contributed by atoms with van der Waals surface area (Å²) < 4.78 is 0. The molecule has 1 amide bonds. The number of carbonyl (C=O) groups excluding carboxylic acids is 1. The number of aliphatic hydroxyl groups excluding tert-OH is 1. The van der Waals surface area contributed by atoms with Crippen molar-refractivity contribution in [3.63, 3.8) is 0 Å². The van der Waals surface area contributed by atoms with Crippen molar-refractivity contribution in [1.29, 1.82) is 0 Å². The molecule has 8 heteroatoms. The SMILES string of the molecule is CCC(C)(CCO)NC(=O)Cn1nnc(-c2cccs2)n1. The van der Waals surface area contributed by atoms with Gasteiger partial charge in [-0.1, -0.05) is 13.0 Å². The summed E-state index contributed by atoms with van der Waals surface area (Å²) in [5.74, 6) is 0.328. The normalized spacial score (nSPS) is 13.9. The van der Waals surface area contributed by atoms with Crippen LogP contribution in [0.5, 0.6) is 0 Å². The first-order valence-corrected chi connectivity index (χ1v) is 7.68. The monoisotopic (exact) mass is 309 g/mol. The zero-order valence-corrected chi connectivity index (χ0v) is 12.9. The van der Waals surface area contributed by atoms with Gasteiger partial charge in [0.25, 0.3) is 0 Å². The van der Waals surface area contributed by atoms with Crippen molar-refractivity contribution in [2.24, 2.45) is 0 Å². The van der Waals surface area contributed by atoms with E-state index in [9.17, 15) is 4.79 Å². The van der Waals surface area contributed by atoms with E-state index in [2.05, 4.69) is 20.7 Å². The van der Waals surface area contributed by atoms with Crippen LogP contribution in [0.1, 0.15) is 26.7 Å². The van der Waals surface area contributed by atoms with E-state index in [1.165, 1.54) is 16.1 Å². The molecule has 1 unspecified atom stereocenters. The maximum Gasteiger partial charge on any atom is 0.244 e. The molecule has 0 saturated heterocycles. The van der Waals surface area contributed by atoms with E-state index < -0.39 is 5.54 Å². The Morgan fingerprint density at radius 1 is 1.57 bits per heavy atom. The molecule has 0 aliphatic heterocycles. The fourth-order valence-electron chi connectivity index (χ4n) is 1.89. The topological polar surface area (TPSA) is 92.9 Å². The lowest BCUT2D eigenvalue weighted by molar-refractivity contribution is -0.124. The van der Waals surface area contributed by atoms with Crippen molar-refractivity contribution < 1.29 is 9.90 Å². The van der Waals surface area contributed by atoms with Gasteiger partial charge in [-0.05, 0) is 36.4 Å². The molecule has 0 saturated carbocycles. The van der Waals surface area contributed by atoms with E-state index in [-0.39, 0.29) is 19.1 Å². The first-order valence-electron chi connectivity index (χ1n) is 6.80. The highest BCUT2D eigenvalue weighted by Gasteiger charge is 2.24. The van der Waals surface area contributed by atoms with Gasteiger partial charge in [0.2, 0.25) is 11.7 Å². The molecule has 0 fully saturated rings. The molecule has 0 aliphatic rings. The second-order valence-corrected chi connectivity index (χ2v) is 6.00. The summed E-state index contributed by atoms with van der Waals surface area (Å²) in [6.07, 6.45) is 1.25. The van der Waals surface area contributed by atoms with Gasteiger partial charge in [-0.25, -0.2) is 0 Å². The van der Waals surface area contributed by atoms with Gasteiger partial charge in [-0.15, -0.1) is 21.5 Å². The quantitative estimate of drug-likeness (QED) is 0.798. The molecular weight excluding hydrogens is 290 g/mol. The molecule has 0 aromatic carbocycles. The average molecular weight is 309 g/mol. The minimum atomic E-state index is -0.414. The Labute approximate surface area is 127 Å². The summed E-state index contributed by atoms with van der Waals surface area (Å²) in [4.78, 5) is 14.2. The first-order chi connectivity index (χ1) is 10.1. The Morgan fingerprint density at radius 3 is 3.00 bits per heavy atom. The zero-order chi connectivity index (χ0) is 15.3. The Balaban J connectivity index is 1.97. The number of rotatable bonds is 7. The van der Waals surface area contributed by atoms with Crippen LogP contribution in [0.2, 0.25) is 0 Å². The molecule has 0 spiro atoms. The summed E-state index contributed by atoms with van der Waals surface area (Å²) in [7, 11) is 0. The minimum Gasteiger partial charge on any atom is -0.396 e. The standard InChI is InChI=1S/C13H19N5O2S/c1-3-13(2,6-7-19)14-11(20)9-18-16-12(15-17-18)10-5-4-8-21-10/h4-5,8,19H,3,6-7,9H2,1-2H3,(H,14,20). The lowest BCUT2D eigenvalue weighted by atomic mass is 9.95. The smallest absolute Gasteiger partial charge is 0.244 e. The van der Waals surface area contributed by atoms with E-state index in [4.69, 9.17) is 5.11 Å². The maximum absolute atomic E-state index is 12.0. The molecule has 1 atom stereocenters. The van der Waals surface area contributed by atoms with Gasteiger partial charge in [0.1, 0.15) is 6.54 Å². The lowest BCUT2D eigenvalue weighted by Gasteiger charge is -2.28. The van der Waals surface area contributed by atoms with E-state index >= 15 is 0 Å². The zero-order valence-electron chi connectivity index (χ0n) is 12.1. The molecule has 2 aromatic rings. The third-order valence-electron chi connectivity index (χ3n) is 3.36. The summed E-state index contributed by atoms with van der Waals surface area (Å²) in [6, 6.07) is 3.82. The molecule has 114 valence electrons. The van der Waals surface area contributed by atoms with E-state index in [0.29, 0.717) is 12.2 Å². The Hall–Kier alpha value is -1.80. The van der Waals surface area contributed by atoms with Crippen molar-refractivity contribution >= 4 is 17.2 Å². The molecule has 0 radical (unpaired) electrons. The van der Waals surface area contributed by atoms with E-state index in [0.717, 1.165) is 11.3 Å². The molecule has 0 aliphatic carbocycles. The van der Waals surface area contributed by atoms with Crippen LogP contribution >= 0.6 is 11.3 Å². The summed E-state index contributed by atoms with van der Waals surface area (Å²) >= 11 is 1.52. The summed E-state index contributed by atoms with van der Waals surface area (Å²) in [5, 5.41) is 25.9. The fraction of sp³-hybridized carbons (Fsp3) is 0.538. The van der Waals surface area contributed by atoms with Crippen LogP contribution in [-0.2, 0) is 11.3 Å². The second-order valence-electron chi connectivity index (χ2n) is 5.06. The van der Waals surface area contributed by atoms with Crippen LogP contribution in [0.25, 0.3) is 10.7 Å². The number of carbonyl (C=O) groups is 1. The minimum absolute atomic E-state index is 0.0133. The number of hydrogen-bond donors (Lipinski definition) is 2. The van der Waals surface area contributed by atoms with Gasteiger partial charge in [-0.2, -0.15) is 4.80 Å². The molecule has 2 N–H and O–H groups in total. The van der Waals surface area contributed by atoms with Gasteiger partial charge < -0.3 is 10.4 Å². The van der Waals surface area contributed by atoms with Crippen LogP contribution in [-0.4, -0.2) is 43.4 Å². The predicted molar refractivity (Wildman–Crippen MR) is 79.7 cm³/mol. The predicted octanol–water partition coefficient (Wildman–Crippen LogP) is 1.07. The van der Waals surface area contributed by atoms with Crippen molar-refractivity contribution in [2.75, 3.05) is 6.61 Å². The molecule has 0 bridgehead atoms. The van der Waals surface area contributed by atoms with Crippen molar-refractivity contribution in [3.8, 4) is 10.7 Å². The van der Waals surface area contributed by atoms with Crippen LogP contribution in [0.4, 0.5) is 0 Å². The number of tetrazole rings is 1. The average Bonchev–Trinajstić information content (AvgIpc) is 3.09. The molecule has 21 heavy (non-hydrogen) atoms. The Bertz CT molecular complexity index is 583. The third kappa shape index (κ3) is 4.08. The number of amides is 1. The van der Waals surface area contributed by atoms with Crippen LogP contribution in [0, 0.1) is 0 Å². The van der Waals surface area contributed by atoms with Gasteiger partial charge >= 0.3 is 0 Å². The van der Waals surface area contributed by atoms with Crippen molar-refractivity contribution in [1.82, 2.24) is 25.5 Å². The molecule has 2 rings (SSSR count). The van der Waals surface area contributed by atoms with Gasteiger partial charge in [-0.3, -0.25) is 4.79 Å². The molecular formula is C13H19N5O2S. The second kappa shape index (κ2) is 6.77. The van der Waals surface area contributed by atoms with Crippen LogP contribution in [0.15, 0.2) is 17.5 Å².